The van der Waals surface area contributed by atoms with Gasteiger partial charge in [0.05, 0.1) is 7.11 Å². The lowest BCUT2D eigenvalue weighted by molar-refractivity contribution is -0.0598. The Morgan fingerprint density at radius 1 is 1.47 bits per heavy atom. The number of hydrogen-bond acceptors (Lipinski definition) is 2. The van der Waals surface area contributed by atoms with Gasteiger partial charge < -0.3 is 9.84 Å². The minimum absolute atomic E-state index is 0.286. The summed E-state index contributed by atoms with van der Waals surface area (Å²) in [5.41, 5.74) is -0.935. The number of aliphatic hydroxyl groups is 1. The van der Waals surface area contributed by atoms with E-state index in [4.69, 9.17) is 5.11 Å². The Balaban J connectivity index is 3.39. The van der Waals surface area contributed by atoms with Crippen molar-refractivity contribution in [3.05, 3.63) is 28.0 Å². The number of benzene rings is 1. The fraction of sp³-hybridized carbons (Fsp3) is 0.333. The lowest BCUT2D eigenvalue weighted by atomic mass is 10.1. The number of hydrogen-bond donors (Lipinski definition) is 1. The maximum Gasteiger partial charge on any atom is 0.302 e. The van der Waals surface area contributed by atoms with Crippen molar-refractivity contribution < 1.29 is 23.0 Å². The lowest BCUT2D eigenvalue weighted by Crippen LogP contribution is -2.21. The third-order valence-corrected chi connectivity index (χ3v) is 2.26. The molecule has 0 amide bonds. The van der Waals surface area contributed by atoms with Crippen LogP contribution < -0.4 is 4.74 Å². The van der Waals surface area contributed by atoms with Gasteiger partial charge in [-0.25, -0.2) is 4.39 Å². The summed E-state index contributed by atoms with van der Waals surface area (Å²) < 4.78 is 44.5. The van der Waals surface area contributed by atoms with Gasteiger partial charge in [0.25, 0.3) is 0 Å². The molecule has 1 rings (SSSR count). The maximum absolute atomic E-state index is 13.3. The largest absolute Gasteiger partial charge is 0.496 e. The van der Waals surface area contributed by atoms with Crippen molar-refractivity contribution in [2.75, 3.05) is 13.7 Å². The number of ether oxygens (including phenoxy) is 1. The third kappa shape index (κ3) is 2.43. The first-order valence-electron chi connectivity index (χ1n) is 3.94. The van der Waals surface area contributed by atoms with Crippen LogP contribution in [0.25, 0.3) is 0 Å². The average molecular weight is 285 g/mol. The van der Waals surface area contributed by atoms with Crippen LogP contribution in [-0.4, -0.2) is 18.8 Å². The van der Waals surface area contributed by atoms with E-state index in [0.29, 0.717) is 0 Å². The second-order valence-corrected chi connectivity index (χ2v) is 3.74. The van der Waals surface area contributed by atoms with Crippen LogP contribution in [0.1, 0.15) is 5.56 Å². The molecule has 0 bridgehead atoms. The van der Waals surface area contributed by atoms with Crippen LogP contribution in [0.15, 0.2) is 16.6 Å². The molecule has 1 aromatic rings. The number of halogens is 4. The van der Waals surface area contributed by atoms with Crippen molar-refractivity contribution in [3.63, 3.8) is 0 Å². The summed E-state index contributed by atoms with van der Waals surface area (Å²) in [5.74, 6) is -5.09. The molecule has 0 heterocycles. The minimum Gasteiger partial charge on any atom is -0.496 e. The number of alkyl halides is 2. The first-order chi connectivity index (χ1) is 6.92. The molecule has 84 valence electrons. The van der Waals surface area contributed by atoms with E-state index in [1.54, 1.807) is 0 Å². The van der Waals surface area contributed by atoms with E-state index >= 15 is 0 Å². The fourth-order valence-electron chi connectivity index (χ4n) is 1.14. The molecule has 1 aromatic carbocycles. The Morgan fingerprint density at radius 2 is 2.07 bits per heavy atom. The zero-order valence-electron chi connectivity index (χ0n) is 7.73. The maximum atomic E-state index is 13.3. The molecule has 0 saturated heterocycles. The summed E-state index contributed by atoms with van der Waals surface area (Å²) >= 11 is 2.95. The highest BCUT2D eigenvalue weighted by Gasteiger charge is 2.37. The van der Waals surface area contributed by atoms with Gasteiger partial charge in [-0.1, -0.05) is 15.9 Å². The standard InChI is InChI=1S/C9H8BrF3O2/c1-15-7-3-5(10)2-6(11)8(7)9(12,13)4-14/h2-3,14H,4H2,1H3. The normalized spacial score (nSPS) is 11.6. The highest BCUT2D eigenvalue weighted by atomic mass is 79.9. The average Bonchev–Trinajstić information content (AvgIpc) is 2.15. The van der Waals surface area contributed by atoms with Crippen molar-refractivity contribution in [2.45, 2.75) is 5.92 Å². The first-order valence-corrected chi connectivity index (χ1v) is 4.74. The molecule has 0 aliphatic heterocycles. The van der Waals surface area contributed by atoms with Crippen molar-refractivity contribution >= 4 is 15.9 Å². The minimum atomic E-state index is -3.66. The number of rotatable bonds is 3. The van der Waals surface area contributed by atoms with E-state index in [1.165, 1.54) is 6.07 Å². The summed E-state index contributed by atoms with van der Waals surface area (Å²) in [6.45, 7) is -1.47. The molecular weight excluding hydrogens is 277 g/mol. The van der Waals surface area contributed by atoms with E-state index in [-0.39, 0.29) is 10.2 Å². The van der Waals surface area contributed by atoms with Crippen LogP contribution in [-0.2, 0) is 5.92 Å². The Kier molecular flexibility index (Phi) is 3.62. The fourth-order valence-corrected chi connectivity index (χ4v) is 1.55. The molecule has 2 nitrogen and oxygen atoms in total. The number of aliphatic hydroxyl groups excluding tert-OH is 1. The van der Waals surface area contributed by atoms with Gasteiger partial charge in [0.15, 0.2) is 0 Å². The highest BCUT2D eigenvalue weighted by molar-refractivity contribution is 9.10. The van der Waals surface area contributed by atoms with Crippen molar-refractivity contribution in [1.82, 2.24) is 0 Å². The summed E-state index contributed by atoms with van der Waals surface area (Å²) in [7, 11) is 1.15. The zero-order valence-corrected chi connectivity index (χ0v) is 9.32. The molecule has 15 heavy (non-hydrogen) atoms. The Morgan fingerprint density at radius 3 is 2.53 bits per heavy atom. The summed E-state index contributed by atoms with van der Waals surface area (Å²) in [5, 5.41) is 8.48. The topological polar surface area (TPSA) is 29.5 Å². The summed E-state index contributed by atoms with van der Waals surface area (Å²) in [4.78, 5) is 0. The van der Waals surface area contributed by atoms with Crippen LogP contribution in [0, 0.1) is 5.82 Å². The van der Waals surface area contributed by atoms with Crippen LogP contribution in [0.2, 0.25) is 0 Å². The van der Waals surface area contributed by atoms with Gasteiger partial charge in [-0.05, 0) is 12.1 Å². The second-order valence-electron chi connectivity index (χ2n) is 2.83. The van der Waals surface area contributed by atoms with Crippen LogP contribution in [0.4, 0.5) is 13.2 Å². The molecule has 0 unspecified atom stereocenters. The molecule has 0 aliphatic carbocycles. The molecule has 0 aromatic heterocycles. The molecule has 0 aliphatic rings. The van der Waals surface area contributed by atoms with E-state index in [1.807, 2.05) is 0 Å². The van der Waals surface area contributed by atoms with Crippen LogP contribution in [0.3, 0.4) is 0 Å². The van der Waals surface area contributed by atoms with Gasteiger partial charge in [0.1, 0.15) is 23.7 Å². The molecule has 0 atom stereocenters. The van der Waals surface area contributed by atoms with Gasteiger partial charge >= 0.3 is 5.92 Å². The molecule has 1 N–H and O–H groups in total. The van der Waals surface area contributed by atoms with Gasteiger partial charge in [-0.15, -0.1) is 0 Å². The van der Waals surface area contributed by atoms with Crippen molar-refractivity contribution in [1.29, 1.82) is 0 Å². The summed E-state index contributed by atoms with van der Waals surface area (Å²) in [6.07, 6.45) is 0. The SMILES string of the molecule is COc1cc(Br)cc(F)c1C(F)(F)CO. The zero-order chi connectivity index (χ0) is 11.6. The molecular formula is C9H8BrF3O2. The van der Waals surface area contributed by atoms with Gasteiger partial charge in [0, 0.05) is 4.47 Å². The quantitative estimate of drug-likeness (QED) is 0.925. The van der Waals surface area contributed by atoms with E-state index in [9.17, 15) is 13.2 Å². The smallest absolute Gasteiger partial charge is 0.302 e. The lowest BCUT2D eigenvalue weighted by Gasteiger charge is -2.17. The van der Waals surface area contributed by atoms with Gasteiger partial charge in [0.2, 0.25) is 0 Å². The van der Waals surface area contributed by atoms with Crippen LogP contribution >= 0.6 is 15.9 Å². The molecule has 0 saturated carbocycles. The van der Waals surface area contributed by atoms with Gasteiger partial charge in [-0.2, -0.15) is 8.78 Å². The molecule has 0 radical (unpaired) electrons. The summed E-state index contributed by atoms with van der Waals surface area (Å²) in [6, 6.07) is 2.10. The second kappa shape index (κ2) is 4.40. The third-order valence-electron chi connectivity index (χ3n) is 1.80. The van der Waals surface area contributed by atoms with Crippen molar-refractivity contribution in [3.8, 4) is 5.75 Å². The Labute approximate surface area is 92.8 Å². The highest BCUT2D eigenvalue weighted by Crippen LogP contribution is 2.38. The predicted octanol–water partition coefficient (Wildman–Crippen LogP) is 2.68. The van der Waals surface area contributed by atoms with Crippen molar-refractivity contribution in [2.24, 2.45) is 0 Å². The van der Waals surface area contributed by atoms with E-state index in [2.05, 4.69) is 20.7 Å². The Bertz CT molecular complexity index is 369. The van der Waals surface area contributed by atoms with Gasteiger partial charge in [-0.3, -0.25) is 0 Å². The Hall–Kier alpha value is -0.750. The molecule has 0 fully saturated rings. The predicted molar refractivity (Wildman–Crippen MR) is 51.6 cm³/mol. The number of methoxy groups -OCH3 is 1. The molecule has 6 heteroatoms. The van der Waals surface area contributed by atoms with Crippen LogP contribution in [0.5, 0.6) is 5.75 Å². The molecule has 0 spiro atoms. The van der Waals surface area contributed by atoms with E-state index < -0.39 is 23.9 Å². The first kappa shape index (κ1) is 12.3. The van der Waals surface area contributed by atoms with E-state index in [0.717, 1.165) is 13.2 Å². The monoisotopic (exact) mass is 284 g/mol.